The monoisotopic (exact) mass is 333 g/mol. The zero-order valence-electron chi connectivity index (χ0n) is 12.8. The van der Waals surface area contributed by atoms with Crippen LogP contribution in [0.3, 0.4) is 0 Å². The molecular formula is C17H16ClNO4. The van der Waals surface area contributed by atoms with E-state index in [0.29, 0.717) is 22.0 Å². The van der Waals surface area contributed by atoms with E-state index in [1.807, 2.05) is 6.92 Å². The Morgan fingerprint density at radius 1 is 1.13 bits per heavy atom. The van der Waals surface area contributed by atoms with Crippen molar-refractivity contribution in [2.24, 2.45) is 0 Å². The van der Waals surface area contributed by atoms with E-state index < -0.39 is 5.97 Å². The van der Waals surface area contributed by atoms with Crippen molar-refractivity contribution in [3.8, 4) is 5.75 Å². The van der Waals surface area contributed by atoms with Gasteiger partial charge >= 0.3 is 5.97 Å². The Balaban J connectivity index is 1.90. The fraction of sp³-hybridized carbons (Fsp3) is 0.176. The second-order valence-electron chi connectivity index (χ2n) is 4.81. The van der Waals surface area contributed by atoms with Crippen LogP contribution in [-0.2, 0) is 9.53 Å². The number of ether oxygens (including phenoxy) is 2. The van der Waals surface area contributed by atoms with Gasteiger partial charge in [0.15, 0.2) is 6.61 Å². The van der Waals surface area contributed by atoms with Crippen molar-refractivity contribution in [2.45, 2.75) is 6.92 Å². The van der Waals surface area contributed by atoms with Gasteiger partial charge < -0.3 is 14.8 Å². The smallest absolute Gasteiger partial charge is 0.337 e. The van der Waals surface area contributed by atoms with E-state index in [1.165, 1.54) is 7.11 Å². The van der Waals surface area contributed by atoms with Crippen LogP contribution in [-0.4, -0.2) is 25.6 Å². The molecule has 120 valence electrons. The molecule has 5 nitrogen and oxygen atoms in total. The third kappa shape index (κ3) is 4.72. The summed E-state index contributed by atoms with van der Waals surface area (Å²) in [6, 6.07) is 11.6. The summed E-state index contributed by atoms with van der Waals surface area (Å²) < 4.78 is 9.99. The van der Waals surface area contributed by atoms with Crippen molar-refractivity contribution in [2.75, 3.05) is 19.0 Å². The number of benzene rings is 2. The van der Waals surface area contributed by atoms with E-state index in [0.717, 1.165) is 5.56 Å². The van der Waals surface area contributed by atoms with Crippen molar-refractivity contribution in [1.82, 2.24) is 0 Å². The first-order valence-electron chi connectivity index (χ1n) is 6.87. The van der Waals surface area contributed by atoms with Crippen LogP contribution < -0.4 is 10.1 Å². The number of hydrogen-bond acceptors (Lipinski definition) is 4. The van der Waals surface area contributed by atoms with Crippen LogP contribution in [0.4, 0.5) is 5.69 Å². The molecule has 0 aliphatic rings. The lowest BCUT2D eigenvalue weighted by atomic mass is 10.2. The fourth-order valence-electron chi connectivity index (χ4n) is 1.91. The first kappa shape index (κ1) is 16.8. The van der Waals surface area contributed by atoms with Gasteiger partial charge in [-0.2, -0.15) is 0 Å². The molecule has 23 heavy (non-hydrogen) atoms. The van der Waals surface area contributed by atoms with Gasteiger partial charge in [-0.05, 0) is 55.0 Å². The molecule has 0 atom stereocenters. The molecular weight excluding hydrogens is 318 g/mol. The number of methoxy groups -OCH3 is 1. The maximum Gasteiger partial charge on any atom is 0.337 e. The molecule has 0 bridgehead atoms. The van der Waals surface area contributed by atoms with Gasteiger partial charge in [0.05, 0.1) is 12.7 Å². The Labute approximate surface area is 139 Å². The Kier molecular flexibility index (Phi) is 5.60. The third-order valence-electron chi connectivity index (χ3n) is 3.11. The maximum absolute atomic E-state index is 11.9. The predicted octanol–water partition coefficient (Wildman–Crippen LogP) is 3.45. The molecule has 0 aliphatic carbocycles. The Morgan fingerprint density at radius 3 is 2.43 bits per heavy atom. The van der Waals surface area contributed by atoms with Crippen LogP contribution in [0.2, 0.25) is 5.02 Å². The molecule has 0 saturated carbocycles. The highest BCUT2D eigenvalue weighted by Gasteiger charge is 2.08. The van der Waals surface area contributed by atoms with E-state index in [2.05, 4.69) is 10.1 Å². The van der Waals surface area contributed by atoms with Gasteiger partial charge in [0.25, 0.3) is 5.91 Å². The minimum Gasteiger partial charge on any atom is -0.484 e. The first-order chi connectivity index (χ1) is 11.0. The van der Waals surface area contributed by atoms with Crippen LogP contribution >= 0.6 is 11.6 Å². The number of halogens is 1. The average Bonchev–Trinajstić information content (AvgIpc) is 2.55. The highest BCUT2D eigenvalue weighted by Crippen LogP contribution is 2.19. The SMILES string of the molecule is COC(=O)c1ccc(OCC(=O)Nc2ccc(Cl)cc2C)cc1. The summed E-state index contributed by atoms with van der Waals surface area (Å²) in [5.41, 5.74) is 1.97. The van der Waals surface area contributed by atoms with Crippen molar-refractivity contribution in [3.05, 3.63) is 58.6 Å². The van der Waals surface area contributed by atoms with E-state index in [4.69, 9.17) is 16.3 Å². The molecule has 0 fully saturated rings. The molecule has 0 radical (unpaired) electrons. The van der Waals surface area contributed by atoms with Crippen LogP contribution in [0.25, 0.3) is 0 Å². The molecule has 2 aromatic carbocycles. The summed E-state index contributed by atoms with van der Waals surface area (Å²) >= 11 is 5.87. The first-order valence-corrected chi connectivity index (χ1v) is 7.24. The number of anilines is 1. The second kappa shape index (κ2) is 7.65. The number of hydrogen-bond donors (Lipinski definition) is 1. The summed E-state index contributed by atoms with van der Waals surface area (Å²) in [7, 11) is 1.32. The van der Waals surface area contributed by atoms with Crippen molar-refractivity contribution >= 4 is 29.2 Å². The molecule has 0 aliphatic heterocycles. The van der Waals surface area contributed by atoms with Gasteiger partial charge in [0.1, 0.15) is 5.75 Å². The second-order valence-corrected chi connectivity index (χ2v) is 5.25. The van der Waals surface area contributed by atoms with Gasteiger partial charge in [-0.3, -0.25) is 4.79 Å². The Morgan fingerprint density at radius 2 is 1.83 bits per heavy atom. The molecule has 6 heteroatoms. The van der Waals surface area contributed by atoms with Crippen LogP contribution in [0.5, 0.6) is 5.75 Å². The lowest BCUT2D eigenvalue weighted by molar-refractivity contribution is -0.118. The summed E-state index contributed by atoms with van der Waals surface area (Å²) in [6.45, 7) is 1.72. The molecule has 1 N–H and O–H groups in total. The molecule has 1 amide bonds. The fourth-order valence-corrected chi connectivity index (χ4v) is 2.13. The molecule has 2 aromatic rings. The molecule has 0 aromatic heterocycles. The number of esters is 1. The lowest BCUT2D eigenvalue weighted by Gasteiger charge is -2.10. The van der Waals surface area contributed by atoms with E-state index in [-0.39, 0.29) is 12.5 Å². The van der Waals surface area contributed by atoms with Gasteiger partial charge in [0, 0.05) is 10.7 Å². The van der Waals surface area contributed by atoms with Gasteiger partial charge in [-0.15, -0.1) is 0 Å². The Hall–Kier alpha value is -2.53. The van der Waals surface area contributed by atoms with Crippen LogP contribution in [0.15, 0.2) is 42.5 Å². The zero-order valence-corrected chi connectivity index (χ0v) is 13.5. The lowest BCUT2D eigenvalue weighted by Crippen LogP contribution is -2.20. The minimum absolute atomic E-state index is 0.139. The number of carbonyl (C=O) groups is 2. The highest BCUT2D eigenvalue weighted by atomic mass is 35.5. The van der Waals surface area contributed by atoms with Gasteiger partial charge in [-0.25, -0.2) is 4.79 Å². The quantitative estimate of drug-likeness (QED) is 0.851. The molecule has 0 unspecified atom stereocenters. The van der Waals surface area contributed by atoms with Crippen molar-refractivity contribution in [1.29, 1.82) is 0 Å². The summed E-state index contributed by atoms with van der Waals surface area (Å²) in [5.74, 6) is -0.222. The Bertz CT molecular complexity index is 713. The van der Waals surface area contributed by atoms with Crippen molar-refractivity contribution < 1.29 is 19.1 Å². The van der Waals surface area contributed by atoms with Crippen LogP contribution in [0.1, 0.15) is 15.9 Å². The number of carbonyl (C=O) groups excluding carboxylic acids is 2. The number of rotatable bonds is 5. The normalized spacial score (nSPS) is 10.0. The molecule has 0 saturated heterocycles. The van der Waals surface area contributed by atoms with Gasteiger partial charge in [-0.1, -0.05) is 11.6 Å². The largest absolute Gasteiger partial charge is 0.484 e. The van der Waals surface area contributed by atoms with E-state index in [9.17, 15) is 9.59 Å². The van der Waals surface area contributed by atoms with E-state index in [1.54, 1.807) is 42.5 Å². The topological polar surface area (TPSA) is 64.6 Å². The third-order valence-corrected chi connectivity index (χ3v) is 3.34. The standard InChI is InChI=1S/C17H16ClNO4/c1-11-9-13(18)5-8-15(11)19-16(20)10-23-14-6-3-12(4-7-14)17(21)22-2/h3-9H,10H2,1-2H3,(H,19,20). The summed E-state index contributed by atoms with van der Waals surface area (Å²) in [4.78, 5) is 23.2. The average molecular weight is 334 g/mol. The van der Waals surface area contributed by atoms with E-state index >= 15 is 0 Å². The highest BCUT2D eigenvalue weighted by molar-refractivity contribution is 6.30. The van der Waals surface area contributed by atoms with Crippen LogP contribution in [0, 0.1) is 6.92 Å². The number of amides is 1. The maximum atomic E-state index is 11.9. The summed E-state index contributed by atoms with van der Waals surface area (Å²) in [5, 5.41) is 3.36. The summed E-state index contributed by atoms with van der Waals surface area (Å²) in [6.07, 6.45) is 0. The number of aryl methyl sites for hydroxylation is 1. The van der Waals surface area contributed by atoms with Gasteiger partial charge in [0.2, 0.25) is 0 Å². The number of nitrogens with one attached hydrogen (secondary N) is 1. The molecule has 0 heterocycles. The zero-order chi connectivity index (χ0) is 16.8. The minimum atomic E-state index is -0.424. The predicted molar refractivity (Wildman–Crippen MR) is 88.1 cm³/mol. The van der Waals surface area contributed by atoms with Crippen molar-refractivity contribution in [3.63, 3.8) is 0 Å². The molecule has 2 rings (SSSR count). The molecule has 0 spiro atoms.